The van der Waals surface area contributed by atoms with Crippen molar-refractivity contribution in [3.05, 3.63) is 0 Å². The van der Waals surface area contributed by atoms with Crippen LogP contribution in [0.5, 0.6) is 0 Å². The van der Waals surface area contributed by atoms with E-state index < -0.39 is 11.9 Å². The molecule has 0 unspecified atom stereocenters. The van der Waals surface area contributed by atoms with Crippen LogP contribution >= 0.6 is 0 Å². The maximum Gasteiger partial charge on any atom is 0.313 e. The van der Waals surface area contributed by atoms with Crippen LogP contribution in [-0.4, -0.2) is 11.9 Å². The van der Waals surface area contributed by atoms with Gasteiger partial charge in [0.15, 0.2) is 0 Å². The largest absolute Gasteiger partial charge is 0.393 e. The maximum atomic E-state index is 11.0. The first kappa shape index (κ1) is 12.1. The van der Waals surface area contributed by atoms with Gasteiger partial charge >= 0.3 is 11.9 Å². The Morgan fingerprint density at radius 2 is 1.69 bits per heavy atom. The Morgan fingerprint density at radius 3 is 2.15 bits per heavy atom. The Kier molecular flexibility index (Phi) is 6.20. The van der Waals surface area contributed by atoms with E-state index in [4.69, 9.17) is 0 Å². The molecule has 0 heterocycles. The topological polar surface area (TPSA) is 43.4 Å². The third-order valence-corrected chi connectivity index (χ3v) is 1.61. The lowest BCUT2D eigenvalue weighted by molar-refractivity contribution is -0.159. The summed E-state index contributed by atoms with van der Waals surface area (Å²) in [6.45, 7) is 5.93. The normalized spacial score (nSPS) is 10.2. The molecule has 0 fully saturated rings. The standard InChI is InChI=1S/C10H18O3/c1-4-5-9(11)13-10(12)7-6-8(2)3/h8H,4-7H2,1-3H3. The molecule has 0 spiro atoms. The second kappa shape index (κ2) is 6.63. The fourth-order valence-electron chi connectivity index (χ4n) is 0.840. The third kappa shape index (κ3) is 7.50. The van der Waals surface area contributed by atoms with E-state index in [1.54, 1.807) is 0 Å². The molecule has 0 radical (unpaired) electrons. The highest BCUT2D eigenvalue weighted by Gasteiger charge is 2.09. The number of hydrogen-bond donors (Lipinski definition) is 0. The van der Waals surface area contributed by atoms with Gasteiger partial charge in [0.2, 0.25) is 0 Å². The average Bonchev–Trinajstić information content (AvgIpc) is 2.01. The molecule has 0 saturated heterocycles. The van der Waals surface area contributed by atoms with Gasteiger partial charge in [0.05, 0.1) is 0 Å². The van der Waals surface area contributed by atoms with Gasteiger partial charge in [-0.1, -0.05) is 20.8 Å². The highest BCUT2D eigenvalue weighted by Crippen LogP contribution is 2.05. The summed E-state index contributed by atoms with van der Waals surface area (Å²) in [5.74, 6) is -0.336. The monoisotopic (exact) mass is 186 g/mol. The molecule has 0 aromatic heterocycles. The van der Waals surface area contributed by atoms with Crippen molar-refractivity contribution in [2.45, 2.75) is 46.5 Å². The van der Waals surface area contributed by atoms with Gasteiger partial charge in [0.25, 0.3) is 0 Å². The predicted molar refractivity (Wildman–Crippen MR) is 50.1 cm³/mol. The van der Waals surface area contributed by atoms with E-state index in [0.717, 1.165) is 12.8 Å². The van der Waals surface area contributed by atoms with Crippen molar-refractivity contribution in [2.75, 3.05) is 0 Å². The van der Waals surface area contributed by atoms with Crippen molar-refractivity contribution < 1.29 is 14.3 Å². The van der Waals surface area contributed by atoms with E-state index in [0.29, 0.717) is 18.8 Å². The molecule has 0 aliphatic rings. The summed E-state index contributed by atoms with van der Waals surface area (Å²) in [4.78, 5) is 21.8. The van der Waals surface area contributed by atoms with Crippen molar-refractivity contribution in [1.29, 1.82) is 0 Å². The van der Waals surface area contributed by atoms with E-state index in [-0.39, 0.29) is 0 Å². The highest BCUT2D eigenvalue weighted by atomic mass is 16.6. The molecule has 0 aliphatic carbocycles. The summed E-state index contributed by atoms with van der Waals surface area (Å²) in [5.41, 5.74) is 0. The number of ether oxygens (including phenoxy) is 1. The van der Waals surface area contributed by atoms with Gasteiger partial charge < -0.3 is 4.74 Å². The van der Waals surface area contributed by atoms with Gasteiger partial charge in [-0.2, -0.15) is 0 Å². The zero-order valence-corrected chi connectivity index (χ0v) is 8.63. The first-order chi connectivity index (χ1) is 6.06. The molecule has 0 saturated carbocycles. The SMILES string of the molecule is CCCC(=O)OC(=O)CCC(C)C. The molecule has 0 bridgehead atoms. The van der Waals surface area contributed by atoms with Gasteiger partial charge in [0, 0.05) is 12.8 Å². The molecule has 76 valence electrons. The number of hydrogen-bond acceptors (Lipinski definition) is 3. The Hall–Kier alpha value is -0.860. The van der Waals surface area contributed by atoms with Gasteiger partial charge in [-0.15, -0.1) is 0 Å². The van der Waals surface area contributed by atoms with Crippen molar-refractivity contribution in [3.63, 3.8) is 0 Å². The van der Waals surface area contributed by atoms with E-state index >= 15 is 0 Å². The van der Waals surface area contributed by atoms with Crippen LogP contribution in [0.3, 0.4) is 0 Å². The van der Waals surface area contributed by atoms with E-state index in [1.165, 1.54) is 0 Å². The molecule has 0 amide bonds. The third-order valence-electron chi connectivity index (χ3n) is 1.61. The Balaban J connectivity index is 3.56. The van der Waals surface area contributed by atoms with Gasteiger partial charge in [-0.05, 0) is 18.8 Å². The summed E-state index contributed by atoms with van der Waals surface area (Å²) in [7, 11) is 0. The van der Waals surface area contributed by atoms with E-state index in [9.17, 15) is 9.59 Å². The Bertz CT molecular complexity index is 173. The zero-order chi connectivity index (χ0) is 10.3. The fraction of sp³-hybridized carbons (Fsp3) is 0.800. The lowest BCUT2D eigenvalue weighted by Crippen LogP contribution is -2.12. The molecular weight excluding hydrogens is 168 g/mol. The average molecular weight is 186 g/mol. The predicted octanol–water partition coefficient (Wildman–Crippen LogP) is 2.29. The molecule has 13 heavy (non-hydrogen) atoms. The molecule has 0 N–H and O–H groups in total. The Labute approximate surface area is 79.5 Å². The first-order valence-corrected chi connectivity index (χ1v) is 4.79. The summed E-state index contributed by atoms with van der Waals surface area (Å²) in [6, 6.07) is 0. The Morgan fingerprint density at radius 1 is 1.15 bits per heavy atom. The van der Waals surface area contributed by atoms with Crippen LogP contribution in [0.1, 0.15) is 46.5 Å². The van der Waals surface area contributed by atoms with Crippen LogP contribution in [0.2, 0.25) is 0 Å². The molecule has 3 heteroatoms. The minimum atomic E-state index is -0.406. The molecule has 0 aliphatic heterocycles. The highest BCUT2D eigenvalue weighted by molar-refractivity contribution is 5.85. The first-order valence-electron chi connectivity index (χ1n) is 4.79. The molecule has 0 rings (SSSR count). The van der Waals surface area contributed by atoms with Crippen LogP contribution in [0, 0.1) is 5.92 Å². The van der Waals surface area contributed by atoms with Crippen molar-refractivity contribution >= 4 is 11.9 Å². The zero-order valence-electron chi connectivity index (χ0n) is 8.63. The van der Waals surface area contributed by atoms with Gasteiger partial charge in [0.1, 0.15) is 0 Å². The lowest BCUT2D eigenvalue weighted by atomic mass is 10.1. The lowest BCUT2D eigenvalue weighted by Gasteiger charge is -2.03. The maximum absolute atomic E-state index is 11.0. The van der Waals surface area contributed by atoms with Crippen molar-refractivity contribution in [1.82, 2.24) is 0 Å². The minimum absolute atomic E-state index is 0.327. The van der Waals surface area contributed by atoms with E-state index in [1.807, 2.05) is 20.8 Å². The number of carbonyl (C=O) groups is 2. The van der Waals surface area contributed by atoms with Crippen molar-refractivity contribution in [2.24, 2.45) is 5.92 Å². The van der Waals surface area contributed by atoms with Crippen LogP contribution in [-0.2, 0) is 14.3 Å². The number of esters is 2. The van der Waals surface area contributed by atoms with Crippen LogP contribution in [0.25, 0.3) is 0 Å². The van der Waals surface area contributed by atoms with Crippen molar-refractivity contribution in [3.8, 4) is 0 Å². The van der Waals surface area contributed by atoms with E-state index in [2.05, 4.69) is 4.74 Å². The second-order valence-corrected chi connectivity index (χ2v) is 3.53. The number of rotatable bonds is 5. The van der Waals surface area contributed by atoms with Gasteiger partial charge in [-0.25, -0.2) is 0 Å². The fourth-order valence-corrected chi connectivity index (χ4v) is 0.840. The molecule has 0 aromatic carbocycles. The van der Waals surface area contributed by atoms with Crippen LogP contribution in [0.4, 0.5) is 0 Å². The summed E-state index contributed by atoms with van der Waals surface area (Å²) >= 11 is 0. The molecular formula is C10H18O3. The van der Waals surface area contributed by atoms with Gasteiger partial charge in [-0.3, -0.25) is 9.59 Å². The van der Waals surface area contributed by atoms with Crippen LogP contribution < -0.4 is 0 Å². The second-order valence-electron chi connectivity index (χ2n) is 3.53. The summed E-state index contributed by atoms with van der Waals surface area (Å²) in [5, 5.41) is 0. The number of carbonyl (C=O) groups excluding carboxylic acids is 2. The molecule has 0 atom stereocenters. The molecule has 3 nitrogen and oxygen atoms in total. The quantitative estimate of drug-likeness (QED) is 0.488. The van der Waals surface area contributed by atoms with Crippen LogP contribution in [0.15, 0.2) is 0 Å². The molecule has 0 aromatic rings. The minimum Gasteiger partial charge on any atom is -0.393 e. The smallest absolute Gasteiger partial charge is 0.313 e. The summed E-state index contributed by atoms with van der Waals surface area (Å²) in [6.07, 6.45) is 2.16. The summed E-state index contributed by atoms with van der Waals surface area (Å²) < 4.78 is 4.56.